The predicted molar refractivity (Wildman–Crippen MR) is 223 cm³/mol. The number of hydrogen-bond acceptors (Lipinski definition) is 13. The Morgan fingerprint density at radius 2 is 1.49 bits per heavy atom. The van der Waals surface area contributed by atoms with Crippen LogP contribution in [-0.4, -0.2) is 154 Å². The van der Waals surface area contributed by atoms with Crippen LogP contribution in [0.3, 0.4) is 0 Å². The van der Waals surface area contributed by atoms with Crippen molar-refractivity contribution in [3.8, 4) is 11.4 Å². The van der Waals surface area contributed by atoms with E-state index in [1.165, 1.54) is 42.2 Å². The number of piperazine rings is 1. The molecule has 2 fully saturated rings. The van der Waals surface area contributed by atoms with Crippen molar-refractivity contribution in [2.24, 2.45) is 0 Å². The third kappa shape index (κ3) is 10.8. The van der Waals surface area contributed by atoms with E-state index in [9.17, 15) is 28.7 Å². The SMILES string of the molecule is CCOC(=O)C(C)N(C(=O)c1cc(N2CC[C@H](OC)C2)nc(-c2ccccc2)n1)[C@@H](Cc1ccc(P(=O)(O)O)cc1)C(=O)[N+]1([C@@H](C)C(=O)OCC)CCN(C(=O)OCC)CC1. The highest BCUT2D eigenvalue weighted by Gasteiger charge is 2.54. The molecule has 2 aromatic carbocycles. The normalized spacial score (nSPS) is 17.8. The summed E-state index contributed by atoms with van der Waals surface area (Å²) in [6.45, 7) is 8.93. The molecule has 0 aliphatic carbocycles. The molecule has 5 rings (SSSR count). The second-order valence-corrected chi connectivity index (χ2v) is 16.5. The Hall–Kier alpha value is -5.26. The fourth-order valence-electron chi connectivity index (χ4n) is 7.78. The van der Waals surface area contributed by atoms with E-state index in [1.807, 2.05) is 11.0 Å². The number of hydrogen-bond donors (Lipinski definition) is 2. The Morgan fingerprint density at radius 1 is 0.869 bits per heavy atom. The number of carbonyl (C=O) groups is 5. The van der Waals surface area contributed by atoms with Gasteiger partial charge in [0.25, 0.3) is 5.91 Å². The summed E-state index contributed by atoms with van der Waals surface area (Å²) >= 11 is 0. The van der Waals surface area contributed by atoms with E-state index in [0.717, 1.165) is 4.90 Å². The van der Waals surface area contributed by atoms with Crippen LogP contribution in [-0.2, 0) is 44.3 Å². The van der Waals surface area contributed by atoms with Crippen molar-refractivity contribution in [1.29, 1.82) is 0 Å². The first-order chi connectivity index (χ1) is 29.1. The number of nitrogens with zero attached hydrogens (tertiary/aromatic N) is 6. The van der Waals surface area contributed by atoms with Crippen molar-refractivity contribution in [1.82, 2.24) is 19.8 Å². The Balaban J connectivity index is 1.72. The maximum atomic E-state index is 15.8. The van der Waals surface area contributed by atoms with Gasteiger partial charge >= 0.3 is 31.5 Å². The van der Waals surface area contributed by atoms with E-state index in [2.05, 4.69) is 0 Å². The number of benzene rings is 2. The van der Waals surface area contributed by atoms with Gasteiger partial charge in [-0.2, -0.15) is 0 Å². The number of rotatable bonds is 16. The first-order valence-electron chi connectivity index (χ1n) is 20.4. The average Bonchev–Trinajstić information content (AvgIpc) is 3.75. The topological polar surface area (TPSA) is 215 Å². The Morgan fingerprint density at radius 3 is 2.07 bits per heavy atom. The maximum Gasteiger partial charge on any atom is 0.410 e. The van der Waals surface area contributed by atoms with E-state index >= 15 is 9.59 Å². The summed E-state index contributed by atoms with van der Waals surface area (Å²) < 4.78 is 33.3. The molecule has 0 saturated carbocycles. The van der Waals surface area contributed by atoms with Crippen molar-refractivity contribution < 1.29 is 61.8 Å². The average molecular weight is 868 g/mol. The quantitative estimate of drug-likeness (QED) is 0.0917. The Bertz CT molecular complexity index is 2080. The van der Waals surface area contributed by atoms with E-state index in [0.29, 0.717) is 36.5 Å². The van der Waals surface area contributed by atoms with Crippen LogP contribution in [0.2, 0.25) is 0 Å². The molecule has 330 valence electrons. The molecule has 18 nitrogen and oxygen atoms in total. The van der Waals surface area contributed by atoms with Gasteiger partial charge in [0.05, 0.1) is 44.3 Å². The highest BCUT2D eigenvalue weighted by atomic mass is 31.2. The van der Waals surface area contributed by atoms with Gasteiger partial charge in [-0.25, -0.2) is 33.6 Å². The van der Waals surface area contributed by atoms with Crippen molar-refractivity contribution in [3.63, 3.8) is 0 Å². The molecule has 1 aromatic heterocycles. The standard InChI is InChI=1S/C42H55N6O12P/c1-7-58-40(51)28(4)47(38(49)34-26-36(46-20-19-32(27-46)57-6)44-37(43-34)31-13-11-10-12-14-31)35(25-30-15-17-33(18-16-30)61(54,55)56)39(50)48(29(5)41(52)59-8-2)23-21-45(22-24-48)42(53)60-9-3/h10-18,26,28-29,32,35H,7-9,19-25,27H2,1-6H3,(H-,54,55,56)/p+1/t28?,29-,32-,35-/m0/s1. The van der Waals surface area contributed by atoms with E-state index in [-0.39, 0.29) is 75.3 Å². The summed E-state index contributed by atoms with van der Waals surface area (Å²) in [5, 5.41) is -0.263. The molecule has 0 spiro atoms. The molecule has 3 amide bonds. The van der Waals surface area contributed by atoms with E-state index in [1.54, 1.807) is 59.1 Å². The lowest BCUT2D eigenvalue weighted by Gasteiger charge is -2.47. The molecule has 3 aromatic rings. The van der Waals surface area contributed by atoms with Gasteiger partial charge in [0.1, 0.15) is 30.6 Å². The van der Waals surface area contributed by atoms with Gasteiger partial charge in [0.15, 0.2) is 17.9 Å². The van der Waals surface area contributed by atoms with Crippen LogP contribution in [0.15, 0.2) is 60.7 Å². The number of carbonyl (C=O) groups excluding carboxylic acids is 5. The number of anilines is 1. The Kier molecular flexibility index (Phi) is 15.8. The van der Waals surface area contributed by atoms with Crippen LogP contribution in [0, 0.1) is 0 Å². The minimum atomic E-state index is -4.65. The molecular formula is C42H56N6O12P+. The largest absolute Gasteiger partial charge is 0.464 e. The summed E-state index contributed by atoms with van der Waals surface area (Å²) in [6.07, 6.45) is -0.230. The second kappa shape index (κ2) is 20.5. The number of aromatic nitrogens is 2. The van der Waals surface area contributed by atoms with Crippen molar-refractivity contribution in [3.05, 3.63) is 71.9 Å². The monoisotopic (exact) mass is 867 g/mol. The summed E-state index contributed by atoms with van der Waals surface area (Å²) in [5.74, 6) is -2.33. The van der Waals surface area contributed by atoms with Crippen LogP contribution in [0.4, 0.5) is 10.6 Å². The van der Waals surface area contributed by atoms with Crippen molar-refractivity contribution >= 4 is 48.6 Å². The summed E-state index contributed by atoms with van der Waals surface area (Å²) in [4.78, 5) is 105. The minimum Gasteiger partial charge on any atom is -0.464 e. The molecule has 2 N–H and O–H groups in total. The third-order valence-corrected chi connectivity index (χ3v) is 12.2. The highest BCUT2D eigenvalue weighted by molar-refractivity contribution is 7.60. The van der Waals surface area contributed by atoms with Gasteiger partial charge in [0, 0.05) is 38.2 Å². The molecule has 2 aliphatic heterocycles. The van der Waals surface area contributed by atoms with Crippen molar-refractivity contribution in [2.45, 2.75) is 71.7 Å². The number of quaternary nitrogens is 1. The molecular weight excluding hydrogens is 811 g/mol. The van der Waals surface area contributed by atoms with Crippen LogP contribution in [0.25, 0.3) is 11.4 Å². The smallest absolute Gasteiger partial charge is 0.410 e. The Labute approximate surface area is 355 Å². The maximum absolute atomic E-state index is 15.8. The van der Waals surface area contributed by atoms with E-state index in [4.69, 9.17) is 28.9 Å². The van der Waals surface area contributed by atoms with Crippen LogP contribution < -0.4 is 10.2 Å². The van der Waals surface area contributed by atoms with Gasteiger partial charge in [0.2, 0.25) is 0 Å². The fourth-order valence-corrected chi connectivity index (χ4v) is 8.32. The number of methoxy groups -OCH3 is 1. The zero-order valence-corrected chi connectivity index (χ0v) is 36.4. The minimum absolute atomic E-state index is 0.00735. The van der Waals surface area contributed by atoms with Crippen LogP contribution in [0.5, 0.6) is 0 Å². The van der Waals surface area contributed by atoms with Gasteiger partial charge in [-0.15, -0.1) is 0 Å². The van der Waals surface area contributed by atoms with Gasteiger partial charge in [-0.3, -0.25) is 14.3 Å². The molecule has 3 heterocycles. The first-order valence-corrected chi connectivity index (χ1v) is 22.1. The van der Waals surface area contributed by atoms with Crippen LogP contribution >= 0.6 is 7.60 Å². The molecule has 0 bridgehead atoms. The molecule has 61 heavy (non-hydrogen) atoms. The lowest BCUT2D eigenvalue weighted by atomic mass is 9.97. The number of esters is 2. The van der Waals surface area contributed by atoms with Crippen molar-refractivity contribution in [2.75, 3.05) is 71.1 Å². The zero-order valence-electron chi connectivity index (χ0n) is 35.5. The second-order valence-electron chi connectivity index (χ2n) is 14.9. The summed E-state index contributed by atoms with van der Waals surface area (Å²) in [7, 11) is -3.03. The zero-order chi connectivity index (χ0) is 44.5. The molecule has 1 unspecified atom stereocenters. The number of amides is 3. The molecule has 2 aliphatic rings. The van der Waals surface area contributed by atoms with Gasteiger partial charge in [-0.05, 0) is 58.7 Å². The summed E-state index contributed by atoms with van der Waals surface area (Å²) in [5.41, 5.74) is 0.857. The first kappa shape index (κ1) is 46.8. The highest BCUT2D eigenvalue weighted by Crippen LogP contribution is 2.34. The molecule has 0 radical (unpaired) electrons. The lowest BCUT2D eigenvalue weighted by Crippen LogP contribution is -2.73. The molecule has 4 atom stereocenters. The number of ether oxygens (including phenoxy) is 4. The van der Waals surface area contributed by atoms with Gasteiger partial charge in [-0.1, -0.05) is 42.5 Å². The predicted octanol–water partition coefficient (Wildman–Crippen LogP) is 2.94. The van der Waals surface area contributed by atoms with E-state index < -0.39 is 60.1 Å². The fraction of sp³-hybridized carbons (Fsp3) is 0.500. The summed E-state index contributed by atoms with van der Waals surface area (Å²) in [6, 6.07) is 11.8. The molecule has 19 heteroatoms. The van der Waals surface area contributed by atoms with Crippen LogP contribution in [0.1, 0.15) is 57.1 Å². The molecule has 2 saturated heterocycles. The van der Waals surface area contributed by atoms with Gasteiger partial charge < -0.3 is 38.5 Å². The third-order valence-electron chi connectivity index (χ3n) is 11.2. The lowest BCUT2D eigenvalue weighted by molar-refractivity contribution is -0.874.